The highest BCUT2D eigenvalue weighted by atomic mass is 16.5. The number of fused-ring (bicyclic) bond motifs is 2. The fourth-order valence-electron chi connectivity index (χ4n) is 4.90. The summed E-state index contributed by atoms with van der Waals surface area (Å²) >= 11 is 0. The molecule has 3 fully saturated rings. The number of carbonyl (C=O) groups is 2. The van der Waals surface area contributed by atoms with E-state index in [2.05, 4.69) is 20.8 Å². The lowest BCUT2D eigenvalue weighted by molar-refractivity contribution is -0.155. The largest absolute Gasteiger partial charge is 0.479 e. The number of rotatable bonds is 2. The number of carboxylic acids is 1. The van der Waals surface area contributed by atoms with E-state index in [1.807, 2.05) is 4.90 Å². The summed E-state index contributed by atoms with van der Waals surface area (Å²) in [7, 11) is 0. The maximum atomic E-state index is 12.7. The average Bonchev–Trinajstić information content (AvgIpc) is 2.90. The minimum Gasteiger partial charge on any atom is -0.479 e. The number of hydrogen-bond acceptors (Lipinski definition) is 3. The van der Waals surface area contributed by atoms with E-state index in [1.165, 1.54) is 0 Å². The Hall–Kier alpha value is -1.10. The van der Waals surface area contributed by atoms with Crippen molar-refractivity contribution < 1.29 is 19.4 Å². The van der Waals surface area contributed by atoms with Crippen molar-refractivity contribution in [3.63, 3.8) is 0 Å². The predicted octanol–water partition coefficient (Wildman–Crippen LogP) is 2.05. The van der Waals surface area contributed by atoms with E-state index in [1.54, 1.807) is 0 Å². The lowest BCUT2D eigenvalue weighted by atomic mass is 9.65. The summed E-state index contributed by atoms with van der Waals surface area (Å²) in [5.74, 6) is -0.955. The number of aliphatic carboxylic acids is 1. The summed E-state index contributed by atoms with van der Waals surface area (Å²) in [6.45, 7) is 7.61. The van der Waals surface area contributed by atoms with Gasteiger partial charge in [-0.1, -0.05) is 20.8 Å². The van der Waals surface area contributed by atoms with Gasteiger partial charge >= 0.3 is 5.97 Å². The molecule has 2 saturated heterocycles. The highest BCUT2D eigenvalue weighted by Crippen LogP contribution is 2.52. The Morgan fingerprint density at radius 2 is 1.81 bits per heavy atom. The van der Waals surface area contributed by atoms with Crippen LogP contribution >= 0.6 is 0 Å². The second kappa shape index (κ2) is 4.70. The van der Waals surface area contributed by atoms with Crippen LogP contribution in [0, 0.1) is 10.8 Å². The fraction of sp³-hybridized carbons (Fsp3) is 0.875. The summed E-state index contributed by atoms with van der Waals surface area (Å²) in [5.41, 5.74) is 0.472. The summed E-state index contributed by atoms with van der Waals surface area (Å²) in [6.07, 6.45) is 2.83. The molecule has 1 N–H and O–H groups in total. The zero-order valence-electron chi connectivity index (χ0n) is 13.1. The van der Waals surface area contributed by atoms with Crippen LogP contribution in [0.5, 0.6) is 0 Å². The van der Waals surface area contributed by atoms with Gasteiger partial charge in [0.2, 0.25) is 0 Å². The highest BCUT2D eigenvalue weighted by Gasteiger charge is 2.52. The summed E-state index contributed by atoms with van der Waals surface area (Å²) in [5, 5.41) is 8.99. The molecule has 5 nitrogen and oxygen atoms in total. The standard InChI is InChI=1S/C16H25NO4/c1-15(2)6-10-7-16(3,8-15)9-17(10)13(18)11-4-5-12(21-11)14(19)20/h10-12H,4-9H2,1-3H3,(H,19,20)/t10?,11-,12+,16?/m0/s1. The molecule has 3 aliphatic rings. The van der Waals surface area contributed by atoms with Crippen molar-refractivity contribution in [1.82, 2.24) is 4.90 Å². The summed E-state index contributed by atoms with van der Waals surface area (Å²) < 4.78 is 5.44. The maximum absolute atomic E-state index is 12.7. The molecule has 1 saturated carbocycles. The quantitative estimate of drug-likeness (QED) is 0.846. The monoisotopic (exact) mass is 295 g/mol. The molecule has 2 unspecified atom stereocenters. The number of nitrogens with zero attached hydrogens (tertiary/aromatic N) is 1. The van der Waals surface area contributed by atoms with Crippen molar-refractivity contribution in [3.05, 3.63) is 0 Å². The first-order chi connectivity index (χ1) is 9.69. The summed E-state index contributed by atoms with van der Waals surface area (Å²) in [4.78, 5) is 25.7. The minimum atomic E-state index is -0.960. The molecule has 21 heavy (non-hydrogen) atoms. The van der Waals surface area contributed by atoms with Crippen molar-refractivity contribution in [1.29, 1.82) is 0 Å². The van der Waals surface area contributed by atoms with Crippen LogP contribution < -0.4 is 0 Å². The smallest absolute Gasteiger partial charge is 0.332 e. The van der Waals surface area contributed by atoms with Gasteiger partial charge in [0.05, 0.1) is 0 Å². The lowest BCUT2D eigenvalue weighted by Gasteiger charge is -2.39. The second-order valence-electron chi connectivity index (χ2n) is 8.21. The molecule has 0 aromatic heterocycles. The van der Waals surface area contributed by atoms with Crippen molar-refractivity contribution >= 4 is 11.9 Å². The third-order valence-electron chi connectivity index (χ3n) is 5.27. The second-order valence-corrected chi connectivity index (χ2v) is 8.21. The van der Waals surface area contributed by atoms with E-state index in [9.17, 15) is 9.59 Å². The minimum absolute atomic E-state index is 0.00479. The highest BCUT2D eigenvalue weighted by molar-refractivity contribution is 5.83. The van der Waals surface area contributed by atoms with Crippen LogP contribution in [0.15, 0.2) is 0 Å². The Bertz CT molecular complexity index is 475. The van der Waals surface area contributed by atoms with Gasteiger partial charge in [-0.3, -0.25) is 4.79 Å². The van der Waals surface area contributed by atoms with E-state index in [0.29, 0.717) is 18.9 Å². The first-order valence-electron chi connectivity index (χ1n) is 7.88. The van der Waals surface area contributed by atoms with Crippen molar-refractivity contribution in [2.75, 3.05) is 6.54 Å². The first kappa shape index (κ1) is 14.8. The van der Waals surface area contributed by atoms with Crippen LogP contribution in [-0.2, 0) is 14.3 Å². The number of amides is 1. The van der Waals surface area contributed by atoms with Gasteiger partial charge in [0.1, 0.15) is 6.10 Å². The average molecular weight is 295 g/mol. The van der Waals surface area contributed by atoms with Gasteiger partial charge in [0.25, 0.3) is 5.91 Å². The molecule has 1 aliphatic carbocycles. The van der Waals surface area contributed by atoms with Crippen LogP contribution in [0.2, 0.25) is 0 Å². The van der Waals surface area contributed by atoms with E-state index in [-0.39, 0.29) is 16.7 Å². The number of carboxylic acid groups (broad SMARTS) is 1. The number of likely N-dealkylation sites (tertiary alicyclic amines) is 1. The molecule has 2 bridgehead atoms. The molecule has 3 rings (SSSR count). The molecule has 4 atom stereocenters. The third kappa shape index (κ3) is 2.68. The Labute approximate surface area is 125 Å². The first-order valence-corrected chi connectivity index (χ1v) is 7.88. The zero-order chi connectivity index (χ0) is 15.4. The molecule has 1 amide bonds. The molecular formula is C16H25NO4. The molecule has 2 aliphatic heterocycles. The fourth-order valence-corrected chi connectivity index (χ4v) is 4.90. The third-order valence-corrected chi connectivity index (χ3v) is 5.27. The van der Waals surface area contributed by atoms with E-state index < -0.39 is 18.2 Å². The zero-order valence-corrected chi connectivity index (χ0v) is 13.1. The summed E-state index contributed by atoms with van der Waals surface area (Å²) in [6, 6.07) is 0.290. The lowest BCUT2D eigenvalue weighted by Crippen LogP contribution is -2.43. The van der Waals surface area contributed by atoms with E-state index in [4.69, 9.17) is 9.84 Å². The van der Waals surface area contributed by atoms with E-state index in [0.717, 1.165) is 25.8 Å². The number of hydrogen-bond donors (Lipinski definition) is 1. The normalized spacial score (nSPS) is 41.3. The molecule has 118 valence electrons. The SMILES string of the molecule is CC1(C)CC2CC(C)(CN2C(=O)[C@@H]2CC[C@H](C(=O)O)O2)C1. The van der Waals surface area contributed by atoms with Crippen LogP contribution in [0.3, 0.4) is 0 Å². The van der Waals surface area contributed by atoms with Crippen LogP contribution in [0.4, 0.5) is 0 Å². The van der Waals surface area contributed by atoms with Crippen LogP contribution in [0.25, 0.3) is 0 Å². The molecule has 5 heteroatoms. The van der Waals surface area contributed by atoms with Gasteiger partial charge < -0.3 is 14.7 Å². The van der Waals surface area contributed by atoms with Crippen molar-refractivity contribution in [2.24, 2.45) is 10.8 Å². The van der Waals surface area contributed by atoms with E-state index >= 15 is 0 Å². The predicted molar refractivity (Wildman–Crippen MR) is 76.8 cm³/mol. The van der Waals surface area contributed by atoms with Gasteiger partial charge in [0.15, 0.2) is 6.10 Å². The maximum Gasteiger partial charge on any atom is 0.332 e. The molecule has 0 aromatic rings. The number of ether oxygens (including phenoxy) is 1. The van der Waals surface area contributed by atoms with Gasteiger partial charge in [-0.25, -0.2) is 4.79 Å². The topological polar surface area (TPSA) is 66.8 Å². The molecular weight excluding hydrogens is 270 g/mol. The molecule has 2 heterocycles. The van der Waals surface area contributed by atoms with Crippen LogP contribution in [-0.4, -0.2) is 46.7 Å². The van der Waals surface area contributed by atoms with Crippen molar-refractivity contribution in [2.45, 2.75) is 71.1 Å². The van der Waals surface area contributed by atoms with Gasteiger partial charge in [-0.05, 0) is 42.9 Å². The number of carbonyl (C=O) groups excluding carboxylic acids is 1. The Kier molecular flexibility index (Phi) is 3.32. The molecule has 0 spiro atoms. The van der Waals surface area contributed by atoms with Crippen LogP contribution in [0.1, 0.15) is 52.9 Å². The van der Waals surface area contributed by atoms with Gasteiger partial charge in [-0.15, -0.1) is 0 Å². The Balaban J connectivity index is 1.71. The van der Waals surface area contributed by atoms with Gasteiger partial charge in [0, 0.05) is 12.6 Å². The Morgan fingerprint density at radius 1 is 1.14 bits per heavy atom. The van der Waals surface area contributed by atoms with Crippen molar-refractivity contribution in [3.8, 4) is 0 Å². The molecule has 0 aromatic carbocycles. The Morgan fingerprint density at radius 3 is 2.43 bits per heavy atom. The molecule has 0 radical (unpaired) electrons. The van der Waals surface area contributed by atoms with Gasteiger partial charge in [-0.2, -0.15) is 0 Å².